The monoisotopic (exact) mass is 364 g/mol. The molecule has 0 bridgehead atoms. The van der Waals surface area contributed by atoms with Gasteiger partial charge in [0.05, 0.1) is 0 Å². The number of halogens is 1. The van der Waals surface area contributed by atoms with Gasteiger partial charge in [0.1, 0.15) is 16.4 Å². The first-order chi connectivity index (χ1) is 11.9. The van der Waals surface area contributed by atoms with Crippen LogP contribution in [-0.4, -0.2) is 29.6 Å². The number of aromatic amines is 1. The standard InChI is InChI=1S/C16H17FN4O3S/c1-3-10(2)21-25(22,23)13-8-14(18-9-13)16-20-19-15(24-16)11-4-6-12(17)7-5-11/h4-10,18,21H,3H2,1-2H3/t10-/m1/s1. The molecule has 1 atom stereocenters. The summed E-state index contributed by atoms with van der Waals surface area (Å²) in [5.74, 6) is -0.00688. The Kier molecular flexibility index (Phi) is 4.69. The van der Waals surface area contributed by atoms with E-state index in [0.29, 0.717) is 17.7 Å². The fourth-order valence-electron chi connectivity index (χ4n) is 2.11. The number of benzene rings is 1. The number of aromatic nitrogens is 3. The van der Waals surface area contributed by atoms with Crippen molar-refractivity contribution >= 4 is 10.0 Å². The number of nitrogens with zero attached hydrogens (tertiary/aromatic N) is 2. The quantitative estimate of drug-likeness (QED) is 0.700. The van der Waals surface area contributed by atoms with Crippen molar-refractivity contribution in [1.29, 1.82) is 0 Å². The number of hydrogen-bond donors (Lipinski definition) is 2. The van der Waals surface area contributed by atoms with E-state index in [1.165, 1.54) is 36.5 Å². The maximum atomic E-state index is 13.0. The number of nitrogens with one attached hydrogen (secondary N) is 2. The molecule has 0 unspecified atom stereocenters. The second kappa shape index (κ2) is 6.77. The third-order valence-electron chi connectivity index (χ3n) is 3.68. The highest BCUT2D eigenvalue weighted by Crippen LogP contribution is 2.25. The van der Waals surface area contributed by atoms with Crippen molar-refractivity contribution in [2.75, 3.05) is 0 Å². The van der Waals surface area contributed by atoms with Crippen molar-refractivity contribution in [3.63, 3.8) is 0 Å². The SMILES string of the molecule is CC[C@@H](C)NS(=O)(=O)c1c[nH]c(-c2nnc(-c3ccc(F)cc3)o2)c1. The van der Waals surface area contributed by atoms with Crippen molar-refractivity contribution in [3.05, 3.63) is 42.3 Å². The maximum absolute atomic E-state index is 13.0. The van der Waals surface area contributed by atoms with E-state index in [9.17, 15) is 12.8 Å². The van der Waals surface area contributed by atoms with E-state index in [2.05, 4.69) is 19.9 Å². The molecule has 0 saturated heterocycles. The number of H-pyrrole nitrogens is 1. The predicted molar refractivity (Wildman–Crippen MR) is 89.6 cm³/mol. The lowest BCUT2D eigenvalue weighted by Crippen LogP contribution is -2.31. The highest BCUT2D eigenvalue weighted by Gasteiger charge is 2.20. The van der Waals surface area contributed by atoms with Gasteiger partial charge in [0.2, 0.25) is 15.9 Å². The Balaban J connectivity index is 1.85. The van der Waals surface area contributed by atoms with Gasteiger partial charge < -0.3 is 9.40 Å². The normalized spacial score (nSPS) is 13.1. The van der Waals surface area contributed by atoms with Crippen LogP contribution in [0.5, 0.6) is 0 Å². The minimum absolute atomic E-state index is 0.0873. The van der Waals surface area contributed by atoms with Gasteiger partial charge in [0.15, 0.2) is 0 Å². The van der Waals surface area contributed by atoms with Crippen LogP contribution < -0.4 is 4.72 Å². The smallest absolute Gasteiger partial charge is 0.264 e. The Morgan fingerprint density at radius 2 is 1.92 bits per heavy atom. The Morgan fingerprint density at radius 3 is 2.60 bits per heavy atom. The van der Waals surface area contributed by atoms with Gasteiger partial charge in [-0.05, 0) is 43.7 Å². The molecule has 2 N–H and O–H groups in total. The van der Waals surface area contributed by atoms with Crippen LogP contribution in [0.15, 0.2) is 45.8 Å². The van der Waals surface area contributed by atoms with Gasteiger partial charge in [0.25, 0.3) is 5.89 Å². The maximum Gasteiger partial charge on any atom is 0.264 e. The first kappa shape index (κ1) is 17.3. The minimum Gasteiger partial charge on any atom is -0.415 e. The number of hydrogen-bond acceptors (Lipinski definition) is 5. The summed E-state index contributed by atoms with van der Waals surface area (Å²) in [6.07, 6.45) is 2.04. The number of sulfonamides is 1. The third kappa shape index (κ3) is 3.77. The first-order valence-corrected chi connectivity index (χ1v) is 9.18. The van der Waals surface area contributed by atoms with Crippen LogP contribution in [0.25, 0.3) is 23.0 Å². The fraction of sp³-hybridized carbons (Fsp3) is 0.250. The van der Waals surface area contributed by atoms with Gasteiger partial charge in [-0.3, -0.25) is 0 Å². The summed E-state index contributed by atoms with van der Waals surface area (Å²) in [6, 6.07) is 6.88. The lowest BCUT2D eigenvalue weighted by Gasteiger charge is -2.10. The zero-order valence-corrected chi connectivity index (χ0v) is 14.5. The molecule has 2 heterocycles. The van der Waals surface area contributed by atoms with Gasteiger partial charge in [-0.15, -0.1) is 10.2 Å². The zero-order chi connectivity index (χ0) is 18.0. The van der Waals surface area contributed by atoms with E-state index in [1.807, 2.05) is 6.92 Å². The molecule has 0 saturated carbocycles. The lowest BCUT2D eigenvalue weighted by atomic mass is 10.2. The van der Waals surface area contributed by atoms with Crippen LogP contribution >= 0.6 is 0 Å². The Labute approximate surface area is 144 Å². The third-order valence-corrected chi connectivity index (χ3v) is 5.25. The second-order valence-corrected chi connectivity index (χ2v) is 7.31. The Hall–Kier alpha value is -2.52. The zero-order valence-electron chi connectivity index (χ0n) is 13.7. The van der Waals surface area contributed by atoms with Crippen molar-refractivity contribution in [1.82, 2.24) is 19.9 Å². The average Bonchev–Trinajstić information content (AvgIpc) is 3.24. The Bertz CT molecular complexity index is 963. The molecule has 1 aromatic carbocycles. The summed E-state index contributed by atoms with van der Waals surface area (Å²) in [4.78, 5) is 2.91. The molecule has 132 valence electrons. The molecule has 7 nitrogen and oxygen atoms in total. The first-order valence-electron chi connectivity index (χ1n) is 7.69. The van der Waals surface area contributed by atoms with Crippen LogP contribution in [0.1, 0.15) is 20.3 Å². The highest BCUT2D eigenvalue weighted by atomic mass is 32.2. The molecule has 0 amide bonds. The lowest BCUT2D eigenvalue weighted by molar-refractivity contribution is 0.556. The van der Waals surface area contributed by atoms with E-state index in [1.54, 1.807) is 6.92 Å². The van der Waals surface area contributed by atoms with Crippen LogP contribution in [0.3, 0.4) is 0 Å². The van der Waals surface area contributed by atoms with E-state index in [0.717, 1.165) is 0 Å². The fourth-order valence-corrected chi connectivity index (χ4v) is 3.43. The van der Waals surface area contributed by atoms with Crippen molar-refractivity contribution in [3.8, 4) is 23.0 Å². The largest absolute Gasteiger partial charge is 0.415 e. The molecule has 3 rings (SSSR count). The van der Waals surface area contributed by atoms with E-state index in [4.69, 9.17) is 4.42 Å². The molecule has 0 aliphatic heterocycles. The molecule has 2 aromatic heterocycles. The molecule has 0 spiro atoms. The summed E-state index contributed by atoms with van der Waals surface area (Å²) < 4.78 is 45.6. The highest BCUT2D eigenvalue weighted by molar-refractivity contribution is 7.89. The van der Waals surface area contributed by atoms with Crippen molar-refractivity contribution < 1.29 is 17.2 Å². The van der Waals surface area contributed by atoms with Gasteiger partial charge in [0, 0.05) is 17.8 Å². The van der Waals surface area contributed by atoms with E-state index >= 15 is 0 Å². The topological polar surface area (TPSA) is 101 Å². The van der Waals surface area contributed by atoms with Crippen LogP contribution in [-0.2, 0) is 10.0 Å². The van der Waals surface area contributed by atoms with Gasteiger partial charge in [-0.25, -0.2) is 17.5 Å². The van der Waals surface area contributed by atoms with Crippen LogP contribution in [0.4, 0.5) is 4.39 Å². The molecule has 0 aliphatic carbocycles. The average molecular weight is 364 g/mol. The van der Waals surface area contributed by atoms with Crippen molar-refractivity contribution in [2.24, 2.45) is 0 Å². The summed E-state index contributed by atoms with van der Waals surface area (Å²) in [5.41, 5.74) is 0.948. The summed E-state index contributed by atoms with van der Waals surface area (Å²) >= 11 is 0. The summed E-state index contributed by atoms with van der Waals surface area (Å²) in [6.45, 7) is 3.68. The molecule has 9 heteroatoms. The molecule has 0 radical (unpaired) electrons. The molecule has 0 aliphatic rings. The van der Waals surface area contributed by atoms with Crippen molar-refractivity contribution in [2.45, 2.75) is 31.2 Å². The van der Waals surface area contributed by atoms with Gasteiger partial charge >= 0.3 is 0 Å². The summed E-state index contributed by atoms with van der Waals surface area (Å²) in [7, 11) is -3.62. The Morgan fingerprint density at radius 1 is 1.24 bits per heavy atom. The summed E-state index contributed by atoms with van der Waals surface area (Å²) in [5, 5.41) is 7.80. The molecule has 3 aromatic rings. The minimum atomic E-state index is -3.62. The second-order valence-electron chi connectivity index (χ2n) is 5.60. The molecular weight excluding hydrogens is 347 g/mol. The molecule has 0 fully saturated rings. The predicted octanol–water partition coefficient (Wildman–Crippen LogP) is 2.95. The van der Waals surface area contributed by atoms with Crippen LogP contribution in [0, 0.1) is 5.82 Å². The van der Waals surface area contributed by atoms with Gasteiger partial charge in [-0.1, -0.05) is 6.92 Å². The molecular formula is C16H17FN4O3S. The van der Waals surface area contributed by atoms with Crippen LogP contribution in [0.2, 0.25) is 0 Å². The molecule has 25 heavy (non-hydrogen) atoms. The van der Waals surface area contributed by atoms with E-state index < -0.39 is 10.0 Å². The van der Waals surface area contributed by atoms with Gasteiger partial charge in [-0.2, -0.15) is 0 Å². The van der Waals surface area contributed by atoms with E-state index in [-0.39, 0.29) is 28.5 Å². The number of rotatable bonds is 6.